The molecule has 0 bridgehead atoms. The number of para-hydroxylation sites is 1. The zero-order chi connectivity index (χ0) is 33.2. The number of fused-ring (bicyclic) bond motifs is 2. The lowest BCUT2D eigenvalue weighted by Crippen LogP contribution is -2.32. The van der Waals surface area contributed by atoms with Crippen molar-refractivity contribution < 1.29 is 19.7 Å². The monoisotopic (exact) mass is 674 g/mol. The van der Waals surface area contributed by atoms with Gasteiger partial charge in [0.25, 0.3) is 5.91 Å². The number of aromatic amines is 1. The number of rotatable bonds is 7. The van der Waals surface area contributed by atoms with Gasteiger partial charge in [-0.25, -0.2) is 9.97 Å². The van der Waals surface area contributed by atoms with Crippen LogP contribution in [-0.2, 0) is 13.0 Å². The molecule has 0 atom stereocenters. The molecular formula is C34H26N8O4S2. The minimum Gasteiger partial charge on any atom is -0.481 e. The van der Waals surface area contributed by atoms with E-state index in [0.717, 1.165) is 21.3 Å². The molecule has 48 heavy (non-hydrogen) atoms. The molecule has 0 saturated carbocycles. The number of aromatic nitrogens is 4. The molecule has 0 unspecified atom stereocenters. The molecule has 14 heteroatoms. The summed E-state index contributed by atoms with van der Waals surface area (Å²) in [6.45, 7) is 1.05. The number of nitrogens with zero attached hydrogens (tertiary/aromatic N) is 5. The molecule has 3 aromatic heterocycles. The van der Waals surface area contributed by atoms with Gasteiger partial charge >= 0.3 is 0 Å². The first-order valence-corrected chi connectivity index (χ1v) is 16.4. The van der Waals surface area contributed by atoms with Crippen molar-refractivity contribution in [2.45, 2.75) is 19.3 Å². The van der Waals surface area contributed by atoms with Crippen molar-refractivity contribution in [3.8, 4) is 34.9 Å². The van der Waals surface area contributed by atoms with E-state index in [1.54, 1.807) is 30.3 Å². The number of hydrogen-bond acceptors (Lipinski definition) is 12. The fraction of sp³-hybridized carbons (Fsp3) is 0.147. The molecule has 6 N–H and O–H groups in total. The standard InChI is InChI=1S/C34H26N8O4S2/c35-17-23-28(40-41-30(23)36)20-7-3-8-21(16-20)46-15-5-12-27-29(32(44)45)38-34(48-27)42-14-13-19-6-4-9-22(24(19)18-42)31(43)39-33-37-25-10-1-2-11-26(25)47-33/h1-4,6-11,16,32,44-45H,13-15,18H2,(H3,36,40,41)(H,37,39,43). The Labute approximate surface area is 282 Å². The van der Waals surface area contributed by atoms with Gasteiger partial charge in [-0.2, -0.15) is 10.4 Å². The van der Waals surface area contributed by atoms with Crippen molar-refractivity contribution in [3.05, 3.63) is 99.6 Å². The third kappa shape index (κ3) is 6.16. The van der Waals surface area contributed by atoms with Crippen molar-refractivity contribution in [2.24, 2.45) is 0 Å². The van der Waals surface area contributed by atoms with Gasteiger partial charge in [-0.1, -0.05) is 70.9 Å². The molecule has 7 rings (SSSR count). The lowest BCUT2D eigenvalue weighted by molar-refractivity contribution is -0.0455. The Morgan fingerprint density at radius 1 is 1.12 bits per heavy atom. The maximum atomic E-state index is 13.4. The summed E-state index contributed by atoms with van der Waals surface area (Å²) >= 11 is 2.67. The third-order valence-corrected chi connectivity index (χ3v) is 9.73. The number of nitrogen functional groups attached to an aromatic ring is 1. The lowest BCUT2D eigenvalue weighted by atomic mass is 9.94. The van der Waals surface area contributed by atoms with Crippen LogP contribution in [0, 0.1) is 23.2 Å². The molecule has 4 heterocycles. The number of benzene rings is 3. The summed E-state index contributed by atoms with van der Waals surface area (Å²) in [5.41, 5.74) is 10.6. The molecule has 0 fully saturated rings. The van der Waals surface area contributed by atoms with Crippen LogP contribution < -0.4 is 20.7 Å². The summed E-state index contributed by atoms with van der Waals surface area (Å²) in [5.74, 6) is 6.29. The number of H-pyrrole nitrogens is 1. The zero-order valence-corrected chi connectivity index (χ0v) is 26.7. The second kappa shape index (κ2) is 13.2. The van der Waals surface area contributed by atoms with E-state index in [9.17, 15) is 20.3 Å². The Kier molecular flexibility index (Phi) is 8.46. The van der Waals surface area contributed by atoms with Crippen LogP contribution in [0.5, 0.6) is 5.75 Å². The predicted octanol–water partition coefficient (Wildman–Crippen LogP) is 4.83. The third-order valence-electron chi connectivity index (χ3n) is 7.73. The molecule has 1 amide bonds. The number of ether oxygens (including phenoxy) is 1. The topological polar surface area (TPSA) is 186 Å². The predicted molar refractivity (Wildman–Crippen MR) is 184 cm³/mol. The molecule has 1 aliphatic rings. The van der Waals surface area contributed by atoms with Crippen LogP contribution in [-0.4, -0.2) is 49.4 Å². The van der Waals surface area contributed by atoms with Gasteiger partial charge in [-0.3, -0.25) is 15.2 Å². The summed E-state index contributed by atoms with van der Waals surface area (Å²) < 4.78 is 6.80. The molecule has 0 aliphatic carbocycles. The minimum absolute atomic E-state index is 0.0120. The molecule has 6 aromatic rings. The van der Waals surface area contributed by atoms with E-state index in [1.165, 1.54) is 22.7 Å². The second-order valence-electron chi connectivity index (χ2n) is 10.7. The summed E-state index contributed by atoms with van der Waals surface area (Å²) in [7, 11) is 0. The number of nitriles is 1. The molecular weight excluding hydrogens is 649 g/mol. The van der Waals surface area contributed by atoms with E-state index in [2.05, 4.69) is 37.3 Å². The highest BCUT2D eigenvalue weighted by molar-refractivity contribution is 7.22. The molecule has 3 aromatic carbocycles. The van der Waals surface area contributed by atoms with Gasteiger partial charge in [0.1, 0.15) is 34.6 Å². The average molecular weight is 675 g/mol. The van der Waals surface area contributed by atoms with E-state index in [4.69, 9.17) is 10.5 Å². The van der Waals surface area contributed by atoms with Crippen LogP contribution in [0.4, 0.5) is 16.1 Å². The van der Waals surface area contributed by atoms with Crippen molar-refractivity contribution in [1.29, 1.82) is 5.26 Å². The number of thiazole rings is 2. The molecule has 0 saturated heterocycles. The fourth-order valence-corrected chi connectivity index (χ4v) is 7.27. The van der Waals surface area contributed by atoms with Crippen LogP contribution in [0.25, 0.3) is 21.5 Å². The van der Waals surface area contributed by atoms with Crippen LogP contribution >= 0.6 is 22.7 Å². The number of aliphatic hydroxyl groups excluding tert-OH is 1. The van der Waals surface area contributed by atoms with E-state index in [1.807, 2.05) is 47.4 Å². The van der Waals surface area contributed by atoms with Crippen molar-refractivity contribution in [2.75, 3.05) is 29.1 Å². The Balaban J connectivity index is 1.06. The first-order valence-electron chi connectivity index (χ1n) is 14.7. The molecule has 12 nitrogen and oxygen atoms in total. The summed E-state index contributed by atoms with van der Waals surface area (Å²) in [5, 5.41) is 40.3. The van der Waals surface area contributed by atoms with E-state index < -0.39 is 6.29 Å². The number of nitrogens with two attached hydrogens (primary N) is 1. The summed E-state index contributed by atoms with van der Waals surface area (Å²) in [6.07, 6.45) is -1.14. The Morgan fingerprint density at radius 3 is 2.81 bits per heavy atom. The number of anilines is 3. The van der Waals surface area contributed by atoms with Gasteiger partial charge in [-0.05, 0) is 47.9 Å². The van der Waals surface area contributed by atoms with Gasteiger partial charge in [0.15, 0.2) is 22.4 Å². The quantitative estimate of drug-likeness (QED) is 0.116. The highest BCUT2D eigenvalue weighted by Gasteiger charge is 2.26. The summed E-state index contributed by atoms with van der Waals surface area (Å²) in [6, 6.07) is 22.6. The smallest absolute Gasteiger partial charge is 0.257 e. The average Bonchev–Trinajstić information content (AvgIpc) is 3.82. The van der Waals surface area contributed by atoms with Gasteiger partial charge in [0.05, 0.1) is 15.9 Å². The maximum absolute atomic E-state index is 13.4. The highest BCUT2D eigenvalue weighted by atomic mass is 32.1. The number of hydrogen-bond donors (Lipinski definition) is 5. The Bertz CT molecular complexity index is 2240. The Morgan fingerprint density at radius 2 is 1.98 bits per heavy atom. The zero-order valence-electron chi connectivity index (χ0n) is 25.1. The minimum atomic E-state index is -1.82. The fourth-order valence-electron chi connectivity index (χ4n) is 5.42. The van der Waals surface area contributed by atoms with E-state index >= 15 is 0 Å². The van der Waals surface area contributed by atoms with Gasteiger partial charge < -0.3 is 25.6 Å². The van der Waals surface area contributed by atoms with Crippen LogP contribution in [0.2, 0.25) is 0 Å². The van der Waals surface area contributed by atoms with E-state index in [0.29, 0.717) is 57.2 Å². The highest BCUT2D eigenvalue weighted by Crippen LogP contribution is 2.34. The maximum Gasteiger partial charge on any atom is 0.257 e. The van der Waals surface area contributed by atoms with E-state index in [-0.39, 0.29) is 29.6 Å². The number of carbonyl (C=O) groups is 1. The molecule has 0 radical (unpaired) electrons. The van der Waals surface area contributed by atoms with Crippen molar-refractivity contribution >= 4 is 54.9 Å². The van der Waals surface area contributed by atoms with Crippen molar-refractivity contribution in [3.63, 3.8) is 0 Å². The summed E-state index contributed by atoms with van der Waals surface area (Å²) in [4.78, 5) is 24.9. The number of aliphatic hydroxyl groups is 2. The lowest BCUT2D eigenvalue weighted by Gasteiger charge is -2.29. The molecule has 1 aliphatic heterocycles. The van der Waals surface area contributed by atoms with Gasteiger partial charge in [0, 0.05) is 24.2 Å². The van der Waals surface area contributed by atoms with Gasteiger partial charge in [0.2, 0.25) is 0 Å². The van der Waals surface area contributed by atoms with Crippen LogP contribution in [0.3, 0.4) is 0 Å². The largest absolute Gasteiger partial charge is 0.481 e. The van der Waals surface area contributed by atoms with Crippen molar-refractivity contribution in [1.82, 2.24) is 20.2 Å². The molecule has 0 spiro atoms. The number of carbonyl (C=O) groups excluding carboxylic acids is 1. The number of nitrogens with one attached hydrogen (secondary N) is 2. The van der Waals surface area contributed by atoms with Crippen LogP contribution in [0.1, 0.15) is 43.9 Å². The number of amides is 1. The first-order chi connectivity index (χ1) is 23.4. The van der Waals surface area contributed by atoms with Gasteiger partial charge in [-0.15, -0.1) is 0 Å². The SMILES string of the molecule is N#Cc1c(N)n[nH]c1-c1cccc(OCC#Cc2sc(N3CCc4cccc(C(=O)Nc5nc6ccccc6s5)c4C3)nc2C(O)O)c1. The molecule has 238 valence electrons. The normalized spacial score (nSPS) is 12.3. The van der Waals surface area contributed by atoms with Crippen LogP contribution in [0.15, 0.2) is 66.7 Å². The Hall–Kier alpha value is -5.77. The second-order valence-corrected chi connectivity index (χ2v) is 12.7. The first kappa shape index (κ1) is 30.9.